The number of nitrogens with one attached hydrogen (secondary N) is 1. The van der Waals surface area contributed by atoms with Crippen LogP contribution >= 0.6 is 0 Å². The molecule has 4 nitrogen and oxygen atoms in total. The molecule has 1 aliphatic rings. The van der Waals surface area contributed by atoms with Crippen molar-refractivity contribution in [1.82, 2.24) is 14.9 Å². The Kier molecular flexibility index (Phi) is 3.80. The van der Waals surface area contributed by atoms with Crippen LogP contribution in [0.1, 0.15) is 19.8 Å². The molecule has 0 aliphatic carbocycles. The molecule has 2 aromatic rings. The van der Waals surface area contributed by atoms with Crippen LogP contribution in [0.2, 0.25) is 0 Å². The molecule has 0 saturated carbocycles. The van der Waals surface area contributed by atoms with Crippen LogP contribution in [0.15, 0.2) is 30.6 Å². The van der Waals surface area contributed by atoms with Crippen LogP contribution in [0.5, 0.6) is 0 Å². The van der Waals surface area contributed by atoms with Gasteiger partial charge in [-0.1, -0.05) is 12.1 Å². The monoisotopic (exact) mass is 259 g/mol. The number of hydrogen-bond acceptors (Lipinski definition) is 3. The van der Waals surface area contributed by atoms with E-state index < -0.39 is 0 Å². The Bertz CT molecular complexity index is 531. The Balaban J connectivity index is 1.54. The Morgan fingerprint density at radius 2 is 2.37 bits per heavy atom. The lowest BCUT2D eigenvalue weighted by atomic mass is 10.1. The molecule has 2 heterocycles. The van der Waals surface area contributed by atoms with Gasteiger partial charge in [0.1, 0.15) is 0 Å². The van der Waals surface area contributed by atoms with E-state index in [4.69, 9.17) is 4.74 Å². The second-order valence-electron chi connectivity index (χ2n) is 5.22. The van der Waals surface area contributed by atoms with Gasteiger partial charge in [-0.2, -0.15) is 0 Å². The third-order valence-corrected chi connectivity index (χ3v) is 3.87. The molecule has 19 heavy (non-hydrogen) atoms. The van der Waals surface area contributed by atoms with E-state index in [9.17, 15) is 0 Å². The Hall–Kier alpha value is -1.39. The van der Waals surface area contributed by atoms with Crippen LogP contribution in [0, 0.1) is 0 Å². The number of nitrogens with zero attached hydrogens (tertiary/aromatic N) is 2. The number of para-hydroxylation sites is 2. The van der Waals surface area contributed by atoms with Crippen molar-refractivity contribution in [3.8, 4) is 0 Å². The standard InChI is InChI=1S/C15H21N3O/c1-12(15-7-4-10-19-15)16-8-9-18-11-17-13-5-2-3-6-14(13)18/h2-3,5-6,11-12,15-16H,4,7-10H2,1H3. The molecule has 1 N–H and O–H groups in total. The van der Waals surface area contributed by atoms with Gasteiger partial charge in [0.25, 0.3) is 0 Å². The van der Waals surface area contributed by atoms with Gasteiger partial charge in [-0.05, 0) is 31.9 Å². The predicted octanol–water partition coefficient (Wildman–Crippen LogP) is 2.19. The summed E-state index contributed by atoms with van der Waals surface area (Å²) in [6.45, 7) is 5.02. The molecule has 3 rings (SSSR count). The highest BCUT2D eigenvalue weighted by Crippen LogP contribution is 2.15. The summed E-state index contributed by atoms with van der Waals surface area (Å²) < 4.78 is 7.89. The zero-order valence-electron chi connectivity index (χ0n) is 11.4. The molecule has 102 valence electrons. The van der Waals surface area contributed by atoms with E-state index in [1.165, 1.54) is 18.4 Å². The molecule has 1 aromatic carbocycles. The summed E-state index contributed by atoms with van der Waals surface area (Å²) >= 11 is 0. The van der Waals surface area contributed by atoms with E-state index in [1.807, 2.05) is 18.5 Å². The number of ether oxygens (including phenoxy) is 1. The summed E-state index contributed by atoms with van der Waals surface area (Å²) in [5, 5.41) is 3.55. The number of fused-ring (bicyclic) bond motifs is 1. The predicted molar refractivity (Wildman–Crippen MR) is 76.2 cm³/mol. The van der Waals surface area contributed by atoms with E-state index >= 15 is 0 Å². The summed E-state index contributed by atoms with van der Waals surface area (Å²) in [4.78, 5) is 4.40. The van der Waals surface area contributed by atoms with Crippen molar-refractivity contribution in [3.05, 3.63) is 30.6 Å². The maximum Gasteiger partial charge on any atom is 0.0958 e. The van der Waals surface area contributed by atoms with Gasteiger partial charge in [-0.15, -0.1) is 0 Å². The average Bonchev–Trinajstić information content (AvgIpc) is 3.08. The number of aromatic nitrogens is 2. The minimum atomic E-state index is 0.388. The highest BCUT2D eigenvalue weighted by atomic mass is 16.5. The van der Waals surface area contributed by atoms with Gasteiger partial charge in [-0.3, -0.25) is 0 Å². The van der Waals surface area contributed by atoms with Crippen LogP contribution in [0.25, 0.3) is 11.0 Å². The van der Waals surface area contributed by atoms with Crippen LogP contribution in [-0.2, 0) is 11.3 Å². The first-order valence-electron chi connectivity index (χ1n) is 7.09. The summed E-state index contributed by atoms with van der Waals surface area (Å²) in [7, 11) is 0. The zero-order valence-corrected chi connectivity index (χ0v) is 11.4. The lowest BCUT2D eigenvalue weighted by Gasteiger charge is -2.20. The first-order valence-corrected chi connectivity index (χ1v) is 7.09. The van der Waals surface area contributed by atoms with E-state index in [0.717, 1.165) is 25.2 Å². The number of imidazole rings is 1. The maximum absolute atomic E-state index is 5.69. The van der Waals surface area contributed by atoms with Gasteiger partial charge in [0.05, 0.1) is 23.5 Å². The fraction of sp³-hybridized carbons (Fsp3) is 0.533. The van der Waals surface area contributed by atoms with Crippen molar-refractivity contribution >= 4 is 11.0 Å². The second kappa shape index (κ2) is 5.72. The topological polar surface area (TPSA) is 39.1 Å². The molecule has 1 aliphatic heterocycles. The third kappa shape index (κ3) is 2.80. The van der Waals surface area contributed by atoms with Gasteiger partial charge in [0, 0.05) is 25.7 Å². The fourth-order valence-electron chi connectivity index (χ4n) is 2.73. The second-order valence-corrected chi connectivity index (χ2v) is 5.22. The van der Waals surface area contributed by atoms with Crippen molar-refractivity contribution in [2.45, 2.75) is 38.5 Å². The van der Waals surface area contributed by atoms with Crippen molar-refractivity contribution in [3.63, 3.8) is 0 Å². The van der Waals surface area contributed by atoms with Crippen LogP contribution in [0.3, 0.4) is 0 Å². The van der Waals surface area contributed by atoms with Gasteiger partial charge < -0.3 is 14.6 Å². The van der Waals surface area contributed by atoms with E-state index in [2.05, 4.69) is 33.9 Å². The SMILES string of the molecule is CC(NCCn1cnc2ccccc21)C1CCCO1. The largest absolute Gasteiger partial charge is 0.377 e. The quantitative estimate of drug-likeness (QED) is 0.894. The number of hydrogen-bond donors (Lipinski definition) is 1. The summed E-state index contributed by atoms with van der Waals surface area (Å²) in [6, 6.07) is 8.68. The van der Waals surface area contributed by atoms with Crippen molar-refractivity contribution in [2.24, 2.45) is 0 Å². The summed E-state index contributed by atoms with van der Waals surface area (Å²) in [5.41, 5.74) is 2.27. The summed E-state index contributed by atoms with van der Waals surface area (Å²) in [6.07, 6.45) is 4.69. The molecule has 4 heteroatoms. The molecule has 2 atom stereocenters. The Labute approximate surface area is 113 Å². The van der Waals surface area contributed by atoms with Crippen LogP contribution in [-0.4, -0.2) is 34.8 Å². The molecule has 0 radical (unpaired) electrons. The van der Waals surface area contributed by atoms with E-state index in [-0.39, 0.29) is 0 Å². The maximum atomic E-state index is 5.69. The van der Waals surface area contributed by atoms with Gasteiger partial charge in [0.15, 0.2) is 0 Å². The first kappa shape index (κ1) is 12.6. The lowest BCUT2D eigenvalue weighted by molar-refractivity contribution is 0.0835. The van der Waals surface area contributed by atoms with E-state index in [0.29, 0.717) is 12.1 Å². The molecule has 0 spiro atoms. The normalized spacial score (nSPS) is 21.0. The smallest absolute Gasteiger partial charge is 0.0958 e. The molecule has 1 aromatic heterocycles. The molecule has 1 saturated heterocycles. The number of benzene rings is 1. The molecular weight excluding hydrogens is 238 g/mol. The minimum Gasteiger partial charge on any atom is -0.377 e. The van der Waals surface area contributed by atoms with Crippen LogP contribution < -0.4 is 5.32 Å². The molecular formula is C15H21N3O. The van der Waals surface area contributed by atoms with Gasteiger partial charge in [-0.25, -0.2) is 4.98 Å². The highest BCUT2D eigenvalue weighted by Gasteiger charge is 2.21. The molecule has 0 bridgehead atoms. The molecule has 2 unspecified atom stereocenters. The van der Waals surface area contributed by atoms with Gasteiger partial charge >= 0.3 is 0 Å². The minimum absolute atomic E-state index is 0.388. The highest BCUT2D eigenvalue weighted by molar-refractivity contribution is 5.74. The number of rotatable bonds is 5. The molecule has 0 amide bonds. The third-order valence-electron chi connectivity index (χ3n) is 3.87. The zero-order chi connectivity index (χ0) is 13.1. The van der Waals surface area contributed by atoms with Crippen molar-refractivity contribution in [1.29, 1.82) is 0 Å². The van der Waals surface area contributed by atoms with Crippen molar-refractivity contribution in [2.75, 3.05) is 13.2 Å². The lowest BCUT2D eigenvalue weighted by Crippen LogP contribution is -2.38. The Morgan fingerprint density at radius 3 is 3.21 bits per heavy atom. The first-order chi connectivity index (χ1) is 9.34. The van der Waals surface area contributed by atoms with Crippen LogP contribution in [0.4, 0.5) is 0 Å². The average molecular weight is 259 g/mol. The Morgan fingerprint density at radius 1 is 1.47 bits per heavy atom. The van der Waals surface area contributed by atoms with Crippen molar-refractivity contribution < 1.29 is 4.74 Å². The van der Waals surface area contributed by atoms with E-state index in [1.54, 1.807) is 0 Å². The fourth-order valence-corrected chi connectivity index (χ4v) is 2.73. The van der Waals surface area contributed by atoms with Gasteiger partial charge in [0.2, 0.25) is 0 Å². The molecule has 1 fully saturated rings. The summed E-state index contributed by atoms with van der Waals surface area (Å²) in [5.74, 6) is 0.